The van der Waals surface area contributed by atoms with Gasteiger partial charge in [-0.1, -0.05) is 19.3 Å². The van der Waals surface area contributed by atoms with E-state index in [1.807, 2.05) is 0 Å². The molecular weight excluding hydrogens is 292 g/mol. The van der Waals surface area contributed by atoms with Crippen LogP contribution in [0.25, 0.3) is 0 Å². The summed E-state index contributed by atoms with van der Waals surface area (Å²) in [5.74, 6) is -0.303. The van der Waals surface area contributed by atoms with Crippen LogP contribution in [0, 0.1) is 0 Å². The summed E-state index contributed by atoms with van der Waals surface area (Å²) < 4.78 is 11.0. The quantitative estimate of drug-likeness (QED) is 0.698. The number of amides is 2. The predicted octanol–water partition coefficient (Wildman–Crippen LogP) is 1.57. The minimum atomic E-state index is -0.863. The van der Waals surface area contributed by atoms with Gasteiger partial charge in [-0.2, -0.15) is 0 Å². The van der Waals surface area contributed by atoms with E-state index in [9.17, 15) is 13.8 Å². The molecule has 6 nitrogen and oxygen atoms in total. The molecule has 1 saturated carbocycles. The molecule has 7 heteroatoms. The molecule has 2 N–H and O–H groups in total. The first-order chi connectivity index (χ1) is 9.87. The number of aliphatic carboxylic acids is 1. The number of urea groups is 1. The lowest BCUT2D eigenvalue weighted by Crippen LogP contribution is -2.55. The van der Waals surface area contributed by atoms with Crippen molar-refractivity contribution < 1.29 is 18.9 Å². The zero-order chi connectivity index (χ0) is 15.9. The molecule has 2 amide bonds. The van der Waals surface area contributed by atoms with E-state index >= 15 is 0 Å². The Morgan fingerprint density at radius 3 is 2.43 bits per heavy atom. The van der Waals surface area contributed by atoms with Crippen LogP contribution in [0.3, 0.4) is 0 Å². The van der Waals surface area contributed by atoms with Crippen molar-refractivity contribution in [1.29, 1.82) is 0 Å². The van der Waals surface area contributed by atoms with E-state index in [1.54, 1.807) is 18.2 Å². The maximum atomic E-state index is 12.2. The molecule has 0 aromatic heterocycles. The van der Waals surface area contributed by atoms with E-state index in [2.05, 4.69) is 5.32 Å². The predicted molar refractivity (Wildman–Crippen MR) is 82.8 cm³/mol. The number of carboxylic acid groups (broad SMARTS) is 1. The number of nitrogens with zero attached hydrogens (tertiary/aromatic N) is 1. The molecule has 1 unspecified atom stereocenters. The van der Waals surface area contributed by atoms with Crippen molar-refractivity contribution in [1.82, 2.24) is 10.2 Å². The summed E-state index contributed by atoms with van der Waals surface area (Å²) >= 11 is 0. The Morgan fingerprint density at radius 2 is 1.90 bits per heavy atom. The molecule has 1 aliphatic rings. The lowest BCUT2D eigenvalue weighted by molar-refractivity contribution is -0.140. The van der Waals surface area contributed by atoms with Crippen LogP contribution in [0.15, 0.2) is 0 Å². The van der Waals surface area contributed by atoms with E-state index < -0.39 is 22.3 Å². The van der Waals surface area contributed by atoms with Gasteiger partial charge in [0.25, 0.3) is 0 Å². The monoisotopic (exact) mass is 318 g/mol. The molecule has 0 bridgehead atoms. The number of carbonyl (C=O) groups excluding carboxylic acids is 1. The molecule has 21 heavy (non-hydrogen) atoms. The Morgan fingerprint density at radius 1 is 1.29 bits per heavy atom. The molecule has 0 radical (unpaired) electrons. The molecule has 122 valence electrons. The fraction of sp³-hybridized carbons (Fsp3) is 0.857. The first kappa shape index (κ1) is 17.9. The number of carbonyl (C=O) groups is 2. The zero-order valence-electron chi connectivity index (χ0n) is 12.9. The van der Waals surface area contributed by atoms with Crippen molar-refractivity contribution in [2.24, 2.45) is 0 Å². The highest BCUT2D eigenvalue weighted by molar-refractivity contribution is 7.84. The minimum absolute atomic E-state index is 0.00407. The van der Waals surface area contributed by atoms with Crippen molar-refractivity contribution in [3.63, 3.8) is 0 Å². The Bertz CT molecular complexity index is 394. The third-order valence-electron chi connectivity index (χ3n) is 4.17. The first-order valence-corrected chi connectivity index (χ1v) is 9.13. The SMILES string of the molecule is CN(C(=O)NCCCS(C)=O)C1(CC(=O)O)CCCCC1. The van der Waals surface area contributed by atoms with Gasteiger partial charge in [-0.05, 0) is 19.3 Å². The second-order valence-corrected chi connectivity index (χ2v) is 7.33. The van der Waals surface area contributed by atoms with Gasteiger partial charge in [-0.25, -0.2) is 4.79 Å². The van der Waals surface area contributed by atoms with E-state index in [0.29, 0.717) is 18.7 Å². The topological polar surface area (TPSA) is 86.7 Å². The number of hydrogen-bond acceptors (Lipinski definition) is 3. The highest BCUT2D eigenvalue weighted by atomic mass is 32.2. The average Bonchev–Trinajstić information content (AvgIpc) is 2.42. The lowest BCUT2D eigenvalue weighted by atomic mass is 9.78. The maximum absolute atomic E-state index is 12.2. The zero-order valence-corrected chi connectivity index (χ0v) is 13.7. The molecule has 0 aliphatic heterocycles. The van der Waals surface area contributed by atoms with Crippen LogP contribution in [0.1, 0.15) is 44.9 Å². The van der Waals surface area contributed by atoms with Gasteiger partial charge in [-0.15, -0.1) is 0 Å². The van der Waals surface area contributed by atoms with Crippen LogP contribution in [0.5, 0.6) is 0 Å². The van der Waals surface area contributed by atoms with Crippen LogP contribution in [-0.4, -0.2) is 57.4 Å². The van der Waals surface area contributed by atoms with Crippen molar-refractivity contribution in [2.75, 3.05) is 25.6 Å². The van der Waals surface area contributed by atoms with Gasteiger partial charge in [0.15, 0.2) is 0 Å². The minimum Gasteiger partial charge on any atom is -0.481 e. The summed E-state index contributed by atoms with van der Waals surface area (Å²) in [4.78, 5) is 24.9. The van der Waals surface area contributed by atoms with E-state index in [4.69, 9.17) is 5.11 Å². The van der Waals surface area contributed by atoms with E-state index in [-0.39, 0.29) is 12.5 Å². The van der Waals surface area contributed by atoms with Gasteiger partial charge in [0.2, 0.25) is 0 Å². The van der Waals surface area contributed by atoms with Crippen molar-refractivity contribution >= 4 is 22.8 Å². The van der Waals surface area contributed by atoms with Gasteiger partial charge >= 0.3 is 12.0 Å². The fourth-order valence-electron chi connectivity index (χ4n) is 2.93. The molecular formula is C14H26N2O4S. The van der Waals surface area contributed by atoms with Crippen molar-refractivity contribution in [2.45, 2.75) is 50.5 Å². The van der Waals surface area contributed by atoms with E-state index in [1.165, 1.54) is 0 Å². The third kappa shape index (κ3) is 5.65. The summed E-state index contributed by atoms with van der Waals surface area (Å²) in [6.07, 6.45) is 6.78. The van der Waals surface area contributed by atoms with Gasteiger partial charge < -0.3 is 15.3 Å². The summed E-state index contributed by atoms with van der Waals surface area (Å²) in [6.45, 7) is 0.464. The van der Waals surface area contributed by atoms with Crippen LogP contribution in [0.4, 0.5) is 4.79 Å². The number of hydrogen-bond donors (Lipinski definition) is 2. The normalized spacial score (nSPS) is 18.8. The van der Waals surface area contributed by atoms with Gasteiger partial charge in [0, 0.05) is 36.4 Å². The summed E-state index contributed by atoms with van der Waals surface area (Å²) in [5.41, 5.74) is -0.568. The molecule has 0 saturated heterocycles. The Balaban J connectivity index is 2.58. The molecule has 1 aliphatic carbocycles. The molecule has 0 spiro atoms. The average molecular weight is 318 g/mol. The fourth-order valence-corrected chi connectivity index (χ4v) is 3.48. The Kier molecular flexibility index (Phi) is 7.14. The van der Waals surface area contributed by atoms with Gasteiger partial charge in [-0.3, -0.25) is 9.00 Å². The van der Waals surface area contributed by atoms with Gasteiger partial charge in [0.1, 0.15) is 0 Å². The maximum Gasteiger partial charge on any atom is 0.317 e. The molecule has 1 atom stereocenters. The summed E-state index contributed by atoms with van der Waals surface area (Å²) in [6, 6.07) is -0.236. The number of carboxylic acids is 1. The van der Waals surface area contributed by atoms with Crippen LogP contribution >= 0.6 is 0 Å². The summed E-state index contributed by atoms with van der Waals surface area (Å²) in [7, 11) is 0.828. The second-order valence-electron chi connectivity index (χ2n) is 5.78. The van der Waals surface area contributed by atoms with Crippen LogP contribution < -0.4 is 5.32 Å². The standard InChI is InChI=1S/C14H26N2O4S/c1-16(13(19)15-9-6-10-21(2)20)14(11-12(17)18)7-4-3-5-8-14/h3-11H2,1-2H3,(H,15,19)(H,17,18). The number of nitrogens with one attached hydrogen (secondary N) is 1. The van der Waals surface area contributed by atoms with Crippen LogP contribution in [0.2, 0.25) is 0 Å². The van der Waals surface area contributed by atoms with Crippen LogP contribution in [-0.2, 0) is 15.6 Å². The Labute approximate surface area is 128 Å². The third-order valence-corrected chi connectivity index (χ3v) is 5.03. The largest absolute Gasteiger partial charge is 0.481 e. The highest BCUT2D eigenvalue weighted by Crippen LogP contribution is 2.35. The molecule has 0 aromatic rings. The van der Waals surface area contributed by atoms with E-state index in [0.717, 1.165) is 32.1 Å². The summed E-state index contributed by atoms with van der Waals surface area (Å²) in [5, 5.41) is 11.9. The first-order valence-electron chi connectivity index (χ1n) is 7.41. The second kappa shape index (κ2) is 8.36. The van der Waals surface area contributed by atoms with Gasteiger partial charge in [0.05, 0.1) is 12.0 Å². The lowest BCUT2D eigenvalue weighted by Gasteiger charge is -2.43. The Hall–Kier alpha value is -1.11. The molecule has 1 fully saturated rings. The highest BCUT2D eigenvalue weighted by Gasteiger charge is 2.40. The smallest absolute Gasteiger partial charge is 0.317 e. The molecule has 0 aromatic carbocycles. The molecule has 0 heterocycles. The molecule has 1 rings (SSSR count). The van der Waals surface area contributed by atoms with Crippen molar-refractivity contribution in [3.8, 4) is 0 Å². The van der Waals surface area contributed by atoms with Crippen molar-refractivity contribution in [3.05, 3.63) is 0 Å². The number of rotatable bonds is 7.